The van der Waals surface area contributed by atoms with E-state index in [-0.39, 0.29) is 11.3 Å². The van der Waals surface area contributed by atoms with Crippen molar-refractivity contribution < 1.29 is 17.6 Å². The second kappa shape index (κ2) is 5.10. The highest BCUT2D eigenvalue weighted by Crippen LogP contribution is 2.36. The largest absolute Gasteiger partial charge is 0.417 e. The van der Waals surface area contributed by atoms with Crippen LogP contribution in [0.4, 0.5) is 17.6 Å². The summed E-state index contributed by atoms with van der Waals surface area (Å²) >= 11 is 5.59. The minimum Gasteiger partial charge on any atom is -0.235 e. The minimum absolute atomic E-state index is 0.121. The monoisotopic (exact) mass is 300 g/mol. The van der Waals surface area contributed by atoms with Gasteiger partial charge in [-0.2, -0.15) is 18.4 Å². The maximum atomic E-state index is 13.6. The van der Waals surface area contributed by atoms with Crippen molar-refractivity contribution >= 4 is 11.6 Å². The second-order valence-corrected chi connectivity index (χ2v) is 4.17. The molecule has 102 valence electrons. The molecule has 0 radical (unpaired) electrons. The summed E-state index contributed by atoms with van der Waals surface area (Å²) in [6.45, 7) is 0. The van der Waals surface area contributed by atoms with Gasteiger partial charge in [0.15, 0.2) is 0 Å². The first kappa shape index (κ1) is 14.3. The fourth-order valence-corrected chi connectivity index (χ4v) is 1.89. The van der Waals surface area contributed by atoms with E-state index in [1.807, 2.05) is 0 Å². The van der Waals surface area contributed by atoms with Crippen LogP contribution < -0.4 is 0 Å². The molecule has 0 saturated heterocycles. The van der Waals surface area contributed by atoms with Crippen LogP contribution in [0.1, 0.15) is 11.1 Å². The van der Waals surface area contributed by atoms with E-state index in [2.05, 4.69) is 4.98 Å². The molecule has 0 atom stereocenters. The molecule has 2 nitrogen and oxygen atoms in total. The summed E-state index contributed by atoms with van der Waals surface area (Å²) in [4.78, 5) is 3.65. The zero-order valence-electron chi connectivity index (χ0n) is 9.67. The molecule has 0 N–H and O–H groups in total. The lowest BCUT2D eigenvalue weighted by atomic mass is 10.1. The van der Waals surface area contributed by atoms with E-state index in [1.54, 1.807) is 0 Å². The molecule has 0 fully saturated rings. The Morgan fingerprint density at radius 2 is 1.85 bits per heavy atom. The SMILES string of the molecule is N#Cc1c(C(F)(F)F)cc(-c2ccccc2F)nc1Cl. The molecule has 20 heavy (non-hydrogen) atoms. The average molecular weight is 301 g/mol. The van der Waals surface area contributed by atoms with Crippen LogP contribution in [0.25, 0.3) is 11.3 Å². The van der Waals surface area contributed by atoms with Gasteiger partial charge in [-0.3, -0.25) is 0 Å². The maximum absolute atomic E-state index is 13.6. The first-order valence-corrected chi connectivity index (χ1v) is 5.65. The molecule has 1 aromatic carbocycles. The molecule has 0 aliphatic rings. The lowest BCUT2D eigenvalue weighted by molar-refractivity contribution is -0.137. The smallest absolute Gasteiger partial charge is 0.235 e. The van der Waals surface area contributed by atoms with E-state index in [0.717, 1.165) is 6.07 Å². The van der Waals surface area contributed by atoms with Crippen molar-refractivity contribution in [1.82, 2.24) is 4.98 Å². The molecular formula is C13H5ClF4N2. The summed E-state index contributed by atoms with van der Waals surface area (Å²) < 4.78 is 52.2. The van der Waals surface area contributed by atoms with Crippen LogP contribution >= 0.6 is 11.6 Å². The van der Waals surface area contributed by atoms with Crippen molar-refractivity contribution in [3.05, 3.63) is 52.4 Å². The van der Waals surface area contributed by atoms with Crippen molar-refractivity contribution in [1.29, 1.82) is 5.26 Å². The van der Waals surface area contributed by atoms with Crippen LogP contribution in [-0.4, -0.2) is 4.98 Å². The minimum atomic E-state index is -4.78. The fourth-order valence-electron chi connectivity index (χ4n) is 1.65. The average Bonchev–Trinajstić information content (AvgIpc) is 2.37. The van der Waals surface area contributed by atoms with Crippen LogP contribution in [0, 0.1) is 17.1 Å². The number of pyridine rings is 1. The summed E-state index contributed by atoms with van der Waals surface area (Å²) in [5.74, 6) is -0.728. The maximum Gasteiger partial charge on any atom is 0.417 e. The molecular weight excluding hydrogens is 296 g/mol. The van der Waals surface area contributed by atoms with E-state index in [0.29, 0.717) is 6.07 Å². The van der Waals surface area contributed by atoms with E-state index >= 15 is 0 Å². The van der Waals surface area contributed by atoms with Gasteiger partial charge in [0.25, 0.3) is 0 Å². The highest BCUT2D eigenvalue weighted by Gasteiger charge is 2.36. The highest BCUT2D eigenvalue weighted by molar-refractivity contribution is 6.30. The Balaban J connectivity index is 2.73. The van der Waals surface area contributed by atoms with Crippen LogP contribution in [0.5, 0.6) is 0 Å². The third-order valence-corrected chi connectivity index (χ3v) is 2.82. The Labute approximate surface area is 116 Å². The summed E-state index contributed by atoms with van der Waals surface area (Å²) in [5.41, 5.74) is -2.42. The Hall–Kier alpha value is -2.13. The first-order valence-electron chi connectivity index (χ1n) is 5.27. The number of nitriles is 1. The third kappa shape index (κ3) is 2.58. The lowest BCUT2D eigenvalue weighted by Crippen LogP contribution is -2.10. The van der Waals surface area contributed by atoms with Gasteiger partial charge in [-0.15, -0.1) is 0 Å². The predicted molar refractivity (Wildman–Crippen MR) is 64.4 cm³/mol. The summed E-state index contributed by atoms with van der Waals surface area (Å²) in [6, 6.07) is 7.20. The standard InChI is InChI=1S/C13H5ClF4N2/c14-12-8(6-19)9(13(16,17)18)5-11(20-12)7-3-1-2-4-10(7)15/h1-5H. The van der Waals surface area contributed by atoms with Gasteiger partial charge in [-0.1, -0.05) is 23.7 Å². The Morgan fingerprint density at radius 1 is 1.20 bits per heavy atom. The molecule has 0 unspecified atom stereocenters. The molecule has 1 aromatic heterocycles. The van der Waals surface area contributed by atoms with Crippen LogP contribution in [-0.2, 0) is 6.18 Å². The Kier molecular flexibility index (Phi) is 3.64. The highest BCUT2D eigenvalue weighted by atomic mass is 35.5. The Morgan fingerprint density at radius 3 is 2.40 bits per heavy atom. The number of alkyl halides is 3. The van der Waals surface area contributed by atoms with Crippen molar-refractivity contribution in [3.63, 3.8) is 0 Å². The molecule has 0 amide bonds. The van der Waals surface area contributed by atoms with Crippen molar-refractivity contribution in [2.45, 2.75) is 6.18 Å². The number of hydrogen-bond acceptors (Lipinski definition) is 2. The van der Waals surface area contributed by atoms with Crippen molar-refractivity contribution in [3.8, 4) is 17.3 Å². The van der Waals surface area contributed by atoms with Gasteiger partial charge < -0.3 is 0 Å². The predicted octanol–water partition coefficient (Wildman–Crippen LogP) is 4.43. The summed E-state index contributed by atoms with van der Waals surface area (Å²) in [6.07, 6.45) is -4.78. The second-order valence-electron chi connectivity index (χ2n) is 3.81. The molecule has 0 spiro atoms. The molecule has 7 heteroatoms. The van der Waals surface area contributed by atoms with Crippen LogP contribution in [0.2, 0.25) is 5.15 Å². The van der Waals surface area contributed by atoms with E-state index < -0.39 is 28.3 Å². The molecule has 0 bridgehead atoms. The summed E-state index contributed by atoms with van der Waals surface area (Å²) in [7, 11) is 0. The number of halogens is 5. The van der Waals surface area contributed by atoms with Crippen molar-refractivity contribution in [2.75, 3.05) is 0 Å². The molecule has 0 aliphatic carbocycles. The van der Waals surface area contributed by atoms with Crippen LogP contribution in [0.15, 0.2) is 30.3 Å². The number of nitrogens with zero attached hydrogens (tertiary/aromatic N) is 2. The number of aromatic nitrogens is 1. The normalized spacial score (nSPS) is 11.2. The van der Waals surface area contributed by atoms with Gasteiger partial charge in [0.1, 0.15) is 22.6 Å². The van der Waals surface area contributed by atoms with Gasteiger partial charge >= 0.3 is 6.18 Å². The quantitative estimate of drug-likeness (QED) is 0.577. The van der Waals surface area contributed by atoms with Crippen LogP contribution in [0.3, 0.4) is 0 Å². The molecule has 2 rings (SSSR count). The van der Waals surface area contributed by atoms with Crippen molar-refractivity contribution in [2.24, 2.45) is 0 Å². The van der Waals surface area contributed by atoms with Gasteiger partial charge in [-0.25, -0.2) is 9.37 Å². The van der Waals surface area contributed by atoms with E-state index in [9.17, 15) is 17.6 Å². The fraction of sp³-hybridized carbons (Fsp3) is 0.0769. The zero-order chi connectivity index (χ0) is 14.9. The molecule has 0 saturated carbocycles. The third-order valence-electron chi connectivity index (χ3n) is 2.54. The topological polar surface area (TPSA) is 36.7 Å². The molecule has 1 heterocycles. The number of hydrogen-bond donors (Lipinski definition) is 0. The molecule has 2 aromatic rings. The molecule has 0 aliphatic heterocycles. The lowest BCUT2D eigenvalue weighted by Gasteiger charge is -2.12. The van der Waals surface area contributed by atoms with Gasteiger partial charge in [-0.05, 0) is 18.2 Å². The first-order chi connectivity index (χ1) is 9.34. The Bertz CT molecular complexity index is 704. The van der Waals surface area contributed by atoms with E-state index in [1.165, 1.54) is 24.3 Å². The number of benzene rings is 1. The van der Waals surface area contributed by atoms with Gasteiger partial charge in [0.05, 0.1) is 11.3 Å². The van der Waals surface area contributed by atoms with Gasteiger partial charge in [0.2, 0.25) is 0 Å². The van der Waals surface area contributed by atoms with Gasteiger partial charge in [0, 0.05) is 5.56 Å². The zero-order valence-corrected chi connectivity index (χ0v) is 10.4. The van der Waals surface area contributed by atoms with E-state index in [4.69, 9.17) is 16.9 Å². The number of rotatable bonds is 1. The summed E-state index contributed by atoms with van der Waals surface area (Å²) in [5, 5.41) is 8.12.